The van der Waals surface area contributed by atoms with E-state index in [1.54, 1.807) is 6.92 Å². The summed E-state index contributed by atoms with van der Waals surface area (Å²) in [7, 11) is 1.22. The number of amides is 1. The van der Waals surface area contributed by atoms with Gasteiger partial charge in [-0.05, 0) is 42.4 Å². The molecule has 0 saturated heterocycles. The van der Waals surface area contributed by atoms with Gasteiger partial charge >= 0.3 is 12.9 Å². The number of methoxy groups -OCH3 is 1. The SMILES string of the molecule is CCCSP(=O)(OCC)Oc1c(Cl)cc(C=NNC(=O)OC)cc1Cl. The third-order valence-electron chi connectivity index (χ3n) is 2.52. The molecule has 1 unspecified atom stereocenters. The third-order valence-corrected chi connectivity index (χ3v) is 7.00. The lowest BCUT2D eigenvalue weighted by molar-refractivity contribution is 0.171. The summed E-state index contributed by atoms with van der Waals surface area (Å²) in [6.45, 7) is 0.485. The number of hydrogen-bond donors (Lipinski definition) is 1. The molecule has 7 nitrogen and oxygen atoms in total. The van der Waals surface area contributed by atoms with E-state index in [0.717, 1.165) is 17.8 Å². The number of carbonyl (C=O) groups is 1. The first-order valence-corrected chi connectivity index (χ1v) is 11.2. The quantitative estimate of drug-likeness (QED) is 0.324. The molecule has 1 aromatic rings. The Balaban J connectivity index is 2.98. The maximum atomic E-state index is 12.7. The van der Waals surface area contributed by atoms with Crippen LogP contribution in [0.2, 0.25) is 10.0 Å². The van der Waals surface area contributed by atoms with Crippen LogP contribution in [0.4, 0.5) is 4.79 Å². The highest BCUT2D eigenvalue weighted by Gasteiger charge is 2.28. The molecule has 0 saturated carbocycles. The number of ether oxygens (including phenoxy) is 1. The summed E-state index contributed by atoms with van der Waals surface area (Å²) in [5.41, 5.74) is 2.64. The molecular weight excluding hydrogens is 410 g/mol. The number of hydrazone groups is 1. The van der Waals surface area contributed by atoms with Crippen molar-refractivity contribution in [3.63, 3.8) is 0 Å². The van der Waals surface area contributed by atoms with Crippen molar-refractivity contribution >= 4 is 53.7 Å². The predicted octanol–water partition coefficient (Wildman–Crippen LogP) is 5.35. The Bertz CT molecular complexity index is 652. The van der Waals surface area contributed by atoms with Gasteiger partial charge in [-0.25, -0.2) is 14.8 Å². The summed E-state index contributed by atoms with van der Waals surface area (Å²) in [5.74, 6) is 0.679. The van der Waals surface area contributed by atoms with E-state index in [4.69, 9.17) is 32.2 Å². The van der Waals surface area contributed by atoms with Crippen molar-refractivity contribution in [2.45, 2.75) is 20.3 Å². The predicted molar refractivity (Wildman–Crippen MR) is 102 cm³/mol. The molecule has 0 radical (unpaired) electrons. The Morgan fingerprint density at radius 3 is 2.52 bits per heavy atom. The van der Waals surface area contributed by atoms with Crippen LogP contribution in [-0.2, 0) is 13.8 Å². The average Bonchev–Trinajstić information content (AvgIpc) is 2.56. The van der Waals surface area contributed by atoms with Gasteiger partial charge in [-0.15, -0.1) is 0 Å². The molecule has 1 N–H and O–H groups in total. The minimum atomic E-state index is -3.42. The molecular formula is C14H19Cl2N2O5PS. The van der Waals surface area contributed by atoms with Gasteiger partial charge in [0.05, 0.1) is 30.0 Å². The second-order valence-corrected chi connectivity index (χ2v) is 9.40. The second kappa shape index (κ2) is 10.9. The lowest BCUT2D eigenvalue weighted by Crippen LogP contribution is -2.16. The molecule has 0 bridgehead atoms. The second-order valence-electron chi connectivity index (χ2n) is 4.46. The molecule has 1 rings (SSSR count). The Hall–Kier alpha value is -0.920. The van der Waals surface area contributed by atoms with Gasteiger partial charge in [0.15, 0.2) is 5.75 Å². The number of nitrogens with zero attached hydrogens (tertiary/aromatic N) is 1. The smallest absolute Gasteiger partial charge is 0.440 e. The van der Waals surface area contributed by atoms with Gasteiger partial charge in [0, 0.05) is 5.75 Å². The van der Waals surface area contributed by atoms with Crippen molar-refractivity contribution in [1.29, 1.82) is 0 Å². The Kier molecular flexibility index (Phi) is 9.67. The number of carbonyl (C=O) groups excluding carboxylic acids is 1. The average molecular weight is 429 g/mol. The van der Waals surface area contributed by atoms with Gasteiger partial charge in [0.2, 0.25) is 0 Å². The molecule has 0 heterocycles. The van der Waals surface area contributed by atoms with Crippen LogP contribution in [0.25, 0.3) is 0 Å². The van der Waals surface area contributed by atoms with E-state index >= 15 is 0 Å². The van der Waals surface area contributed by atoms with E-state index in [1.165, 1.54) is 25.5 Å². The van der Waals surface area contributed by atoms with Crippen LogP contribution in [0, 0.1) is 0 Å². The van der Waals surface area contributed by atoms with Crippen molar-refractivity contribution in [3.05, 3.63) is 27.7 Å². The van der Waals surface area contributed by atoms with E-state index in [-0.39, 0.29) is 22.4 Å². The van der Waals surface area contributed by atoms with Gasteiger partial charge in [-0.3, -0.25) is 4.52 Å². The minimum Gasteiger partial charge on any atom is -0.452 e. The Labute approximate surface area is 160 Å². The van der Waals surface area contributed by atoms with Crippen LogP contribution >= 0.6 is 41.4 Å². The number of hydrogen-bond acceptors (Lipinski definition) is 7. The van der Waals surface area contributed by atoms with E-state index in [9.17, 15) is 9.36 Å². The van der Waals surface area contributed by atoms with Crippen molar-refractivity contribution in [3.8, 4) is 5.75 Å². The van der Waals surface area contributed by atoms with E-state index in [1.807, 2.05) is 6.92 Å². The zero-order chi connectivity index (χ0) is 18.9. The summed E-state index contributed by atoms with van der Waals surface area (Å²) in [4.78, 5) is 10.9. The van der Waals surface area contributed by atoms with Gasteiger partial charge in [0.25, 0.3) is 0 Å². The summed E-state index contributed by atoms with van der Waals surface area (Å²) < 4.78 is 27.9. The number of nitrogens with one attached hydrogen (secondary N) is 1. The number of rotatable bonds is 9. The van der Waals surface area contributed by atoms with E-state index in [2.05, 4.69) is 15.3 Å². The van der Waals surface area contributed by atoms with Crippen molar-refractivity contribution in [1.82, 2.24) is 5.43 Å². The molecule has 1 atom stereocenters. The topological polar surface area (TPSA) is 86.2 Å². The molecule has 0 aliphatic heterocycles. The number of benzene rings is 1. The lowest BCUT2D eigenvalue weighted by atomic mass is 10.2. The maximum Gasteiger partial charge on any atom is 0.440 e. The van der Waals surface area contributed by atoms with Crippen LogP contribution in [0.15, 0.2) is 17.2 Å². The summed E-state index contributed by atoms with van der Waals surface area (Å²) in [6.07, 6.45) is 1.43. The summed E-state index contributed by atoms with van der Waals surface area (Å²) >= 11 is 13.4. The van der Waals surface area contributed by atoms with Gasteiger partial charge < -0.3 is 9.26 Å². The highest BCUT2D eigenvalue weighted by molar-refractivity contribution is 8.55. The lowest BCUT2D eigenvalue weighted by Gasteiger charge is -2.19. The summed E-state index contributed by atoms with van der Waals surface area (Å²) in [6, 6.07) is 3.01. The van der Waals surface area contributed by atoms with Crippen LogP contribution < -0.4 is 9.95 Å². The Morgan fingerprint density at radius 1 is 1.36 bits per heavy atom. The van der Waals surface area contributed by atoms with Crippen molar-refractivity contribution < 1.29 is 23.1 Å². The zero-order valence-corrected chi connectivity index (χ0v) is 17.2. The van der Waals surface area contributed by atoms with Crippen LogP contribution in [-0.4, -0.2) is 31.8 Å². The molecule has 0 fully saturated rings. The number of halogens is 2. The van der Waals surface area contributed by atoms with Crippen molar-refractivity contribution in [2.75, 3.05) is 19.5 Å². The monoisotopic (exact) mass is 428 g/mol. The first-order valence-electron chi connectivity index (χ1n) is 7.30. The molecule has 140 valence electrons. The van der Waals surface area contributed by atoms with Crippen LogP contribution in [0.1, 0.15) is 25.8 Å². The van der Waals surface area contributed by atoms with Crippen molar-refractivity contribution in [2.24, 2.45) is 5.10 Å². The standard InChI is InChI=1S/C14H19Cl2N2O5PS/c1-4-6-25-24(20,22-5-2)23-13-11(15)7-10(8-12(13)16)9-17-18-14(19)21-3/h7-9H,4-6H2,1-3H3,(H,18,19). The first kappa shape index (κ1) is 22.1. The normalized spacial score (nSPS) is 13.5. The molecule has 11 heteroatoms. The highest BCUT2D eigenvalue weighted by Crippen LogP contribution is 2.61. The molecule has 0 aromatic heterocycles. The highest BCUT2D eigenvalue weighted by atomic mass is 35.5. The molecule has 1 amide bonds. The van der Waals surface area contributed by atoms with Crippen LogP contribution in [0.5, 0.6) is 5.75 Å². The fourth-order valence-electron chi connectivity index (χ4n) is 1.51. The largest absolute Gasteiger partial charge is 0.452 e. The molecule has 0 aliphatic rings. The first-order chi connectivity index (χ1) is 11.8. The van der Waals surface area contributed by atoms with Crippen LogP contribution in [0.3, 0.4) is 0 Å². The fourth-order valence-corrected chi connectivity index (χ4v) is 5.66. The minimum absolute atomic E-state index is 0.0711. The summed E-state index contributed by atoms with van der Waals surface area (Å²) in [5, 5.41) is 3.96. The zero-order valence-electron chi connectivity index (χ0n) is 14.0. The van der Waals surface area contributed by atoms with Gasteiger partial charge in [-0.1, -0.05) is 30.1 Å². The van der Waals surface area contributed by atoms with E-state index < -0.39 is 12.9 Å². The molecule has 25 heavy (non-hydrogen) atoms. The molecule has 1 aromatic carbocycles. The molecule has 0 spiro atoms. The van der Waals surface area contributed by atoms with Gasteiger partial charge in [-0.2, -0.15) is 5.10 Å². The molecule has 0 aliphatic carbocycles. The maximum absolute atomic E-state index is 12.7. The van der Waals surface area contributed by atoms with Gasteiger partial charge in [0.1, 0.15) is 0 Å². The fraction of sp³-hybridized carbons (Fsp3) is 0.429. The third kappa shape index (κ3) is 7.46. The Morgan fingerprint density at radius 2 is 2.00 bits per heavy atom. The van der Waals surface area contributed by atoms with E-state index in [0.29, 0.717) is 11.3 Å².